The summed E-state index contributed by atoms with van der Waals surface area (Å²) in [5.74, 6) is 0.880. The van der Waals surface area contributed by atoms with Gasteiger partial charge in [0.2, 0.25) is 0 Å². The first-order valence-corrected chi connectivity index (χ1v) is 39.6. The molecule has 0 unspecified atom stereocenters. The van der Waals surface area contributed by atoms with E-state index in [2.05, 4.69) is 260 Å². The molecule has 0 N–H and O–H groups in total. The van der Waals surface area contributed by atoms with Crippen molar-refractivity contribution in [1.82, 2.24) is 38.2 Å². The average Bonchev–Trinajstić information content (AvgIpc) is 1.56. The van der Waals surface area contributed by atoms with Crippen molar-refractivity contribution in [3.63, 3.8) is 0 Å². The highest BCUT2D eigenvalue weighted by molar-refractivity contribution is 6.29. The van der Waals surface area contributed by atoms with Gasteiger partial charge in [0.25, 0.3) is 0 Å². The molecule has 0 fully saturated rings. The minimum atomic E-state index is 0.400. The molecular weight excluding hydrogens is 1470 g/mol. The van der Waals surface area contributed by atoms with Gasteiger partial charge in [-0.1, -0.05) is 297 Å². The smallest absolute Gasteiger partial charge is 0.195 e. The maximum atomic E-state index is 10.7. The monoisotopic (exact) mass is 1530 g/mol. The molecule has 0 saturated heterocycles. The van der Waals surface area contributed by atoms with Crippen LogP contribution in [0.3, 0.4) is 0 Å². The molecule has 0 amide bonds. The van der Waals surface area contributed by atoms with Gasteiger partial charge in [-0.05, 0) is 113 Å². The number of hydrogen-bond acceptors (Lipinski definition) is 7. The lowest BCUT2D eigenvalue weighted by Gasteiger charge is -2.15. The summed E-state index contributed by atoms with van der Waals surface area (Å²) in [5, 5.41) is 40.8. The van der Waals surface area contributed by atoms with Crippen LogP contribution in [0, 0.1) is 40.6 Å². The van der Waals surface area contributed by atoms with Gasteiger partial charge in [-0.3, -0.25) is 0 Å². The van der Waals surface area contributed by atoms with Crippen LogP contribution in [0.25, 0.3) is 205 Å². The third-order valence-electron chi connectivity index (χ3n) is 22.8. The van der Waals surface area contributed by atoms with Gasteiger partial charge in [-0.25, -0.2) is 24.8 Å². The van der Waals surface area contributed by atoms with Crippen LogP contribution >= 0.6 is 0 Å². The molecule has 0 spiro atoms. The fourth-order valence-electron chi connectivity index (χ4n) is 17.6. The normalized spacial score (nSPS) is 11.3. The molecule has 22 aromatic rings. The first-order chi connectivity index (χ1) is 59.4. The molecule has 0 aliphatic carbocycles. The van der Waals surface area contributed by atoms with Crippen LogP contribution in [0.4, 0.5) is 5.69 Å². The van der Waals surface area contributed by atoms with Gasteiger partial charge >= 0.3 is 0 Å². The summed E-state index contributed by atoms with van der Waals surface area (Å²) in [5.41, 5.74) is 25.2. The summed E-state index contributed by atoms with van der Waals surface area (Å²) in [6.07, 6.45) is 0. The van der Waals surface area contributed by atoms with Crippen molar-refractivity contribution in [3.8, 4) is 131 Å². The summed E-state index contributed by atoms with van der Waals surface area (Å²) in [6, 6.07) is 139. The second kappa shape index (κ2) is 29.7. The molecule has 6 aromatic heterocycles. The predicted molar refractivity (Wildman–Crippen MR) is 485 cm³/mol. The van der Waals surface area contributed by atoms with E-state index in [-0.39, 0.29) is 0 Å². The molecule has 16 aromatic carbocycles. The number of hydrogen-bond donors (Lipinski definition) is 0. The van der Waals surface area contributed by atoms with E-state index < -0.39 is 0 Å². The highest BCUT2D eigenvalue weighted by Gasteiger charge is 2.28. The highest BCUT2D eigenvalue weighted by Crippen LogP contribution is 2.49. The summed E-state index contributed by atoms with van der Waals surface area (Å²) in [4.78, 5) is 24.1. The number of nitrogens with zero attached hydrogens (tertiary/aromatic N) is 12. The molecule has 120 heavy (non-hydrogen) atoms. The Morgan fingerprint density at radius 1 is 0.242 bits per heavy atom. The summed E-state index contributed by atoms with van der Waals surface area (Å²) < 4.78 is 9.46. The zero-order valence-electron chi connectivity index (χ0n) is 64.3. The van der Waals surface area contributed by atoms with Crippen LogP contribution < -0.4 is 0 Å². The Labute approximate surface area is 689 Å². The molecular formula is C108H64N12. The number of aromatic nitrogens is 8. The van der Waals surface area contributed by atoms with Crippen molar-refractivity contribution < 1.29 is 0 Å². The summed E-state index contributed by atoms with van der Waals surface area (Å²) in [7, 11) is 0. The molecule has 6 heterocycles. The molecule has 22 rings (SSSR count). The SMILES string of the molecule is N#Cc1cc(-c2nc(-c3ccccc3)c(C#N)c(-c3ccccc3)n2)ccc1-c1ccc2c3ccc4c(c5ccccc5n4-c4ccccc4)c3n(-c3ccccc3)c2c1.[C-]#[N+]c1cc(-c2nc(-c3ccccc3)c(C#N)c(-c3ccccc3)n2)ccc1-c1cccc2c3ccc4c(c5ccccc5n4-c4ccccc4)c3n(-c3ccccc3)c12. The molecule has 12 nitrogen and oxygen atoms in total. The van der Waals surface area contributed by atoms with E-state index in [9.17, 15) is 15.8 Å². The van der Waals surface area contributed by atoms with Crippen molar-refractivity contribution in [2.75, 3.05) is 0 Å². The van der Waals surface area contributed by atoms with Crippen molar-refractivity contribution in [1.29, 1.82) is 15.8 Å². The molecule has 0 bridgehead atoms. The lowest BCUT2D eigenvalue weighted by Crippen LogP contribution is -2.01. The standard InChI is InChI=1S/2C54H32N6/c1-56-46-33-37(54-57-50(35-17-6-2-7-18-35)45(34-55)51(58-54)36-19-8-3-9-20-36)29-30-40(46)41-26-16-27-42-43-31-32-48-49(53(43)60(52(41)42)39-23-12-5-13-24-39)44-25-14-15-28-47(44)59(48)38-21-10-4-11-22-38;55-33-39-31-38(54-57-51(35-15-5-1-6-16-35)46(34-56)52(58-54)36-17-7-2-8-18-36)26-27-42(39)37-25-28-43-44-29-30-48-50(53(44)60(49(43)32-37)41-21-11-4-12-22-41)45-23-13-14-24-47(45)59(48)40-19-9-3-10-20-40/h2-33H;1-32H. The molecule has 556 valence electrons. The third kappa shape index (κ3) is 11.8. The van der Waals surface area contributed by atoms with Crippen LogP contribution in [0.2, 0.25) is 0 Å². The van der Waals surface area contributed by atoms with Gasteiger partial charge < -0.3 is 18.3 Å². The fraction of sp³-hybridized carbons (Fsp3) is 0. The first kappa shape index (κ1) is 70.7. The number of rotatable bonds is 12. The highest BCUT2D eigenvalue weighted by atomic mass is 15.0. The summed E-state index contributed by atoms with van der Waals surface area (Å²) in [6.45, 7) is 8.56. The van der Waals surface area contributed by atoms with Gasteiger partial charge in [0, 0.05) is 99.2 Å². The van der Waals surface area contributed by atoms with Gasteiger partial charge in [0.15, 0.2) is 17.3 Å². The van der Waals surface area contributed by atoms with Crippen LogP contribution in [0.5, 0.6) is 0 Å². The average molecular weight is 1530 g/mol. The minimum Gasteiger partial charge on any atom is -0.309 e. The van der Waals surface area contributed by atoms with Gasteiger partial charge in [0.1, 0.15) is 23.3 Å². The Hall–Kier alpha value is -17.2. The van der Waals surface area contributed by atoms with Crippen molar-refractivity contribution in [2.45, 2.75) is 0 Å². The first-order valence-electron chi connectivity index (χ1n) is 39.6. The van der Waals surface area contributed by atoms with E-state index in [0.717, 1.165) is 133 Å². The Bertz CT molecular complexity index is 7910. The second-order valence-corrected chi connectivity index (χ2v) is 29.5. The second-order valence-electron chi connectivity index (χ2n) is 29.5. The van der Waals surface area contributed by atoms with Crippen molar-refractivity contribution in [3.05, 3.63) is 416 Å². The molecule has 0 aliphatic rings. The van der Waals surface area contributed by atoms with E-state index in [1.54, 1.807) is 0 Å². The Balaban J connectivity index is 0.000000148. The quantitative estimate of drug-likeness (QED) is 0.111. The maximum absolute atomic E-state index is 10.7. The topological polar surface area (TPSA) is 147 Å². The number of fused-ring (bicyclic) bond motifs is 14. The molecule has 0 aliphatic heterocycles. The Kier molecular flexibility index (Phi) is 17.5. The largest absolute Gasteiger partial charge is 0.309 e. The lowest BCUT2D eigenvalue weighted by molar-refractivity contribution is 1.17. The zero-order chi connectivity index (χ0) is 80.3. The van der Waals surface area contributed by atoms with Crippen LogP contribution in [-0.4, -0.2) is 38.2 Å². The van der Waals surface area contributed by atoms with Gasteiger partial charge in [-0.2, -0.15) is 15.8 Å². The number of nitriles is 3. The molecule has 0 saturated carbocycles. The lowest BCUT2D eigenvalue weighted by atomic mass is 9.96. The minimum absolute atomic E-state index is 0.400. The van der Waals surface area contributed by atoms with Gasteiger partial charge in [-0.15, -0.1) is 0 Å². The van der Waals surface area contributed by atoms with Crippen LogP contribution in [-0.2, 0) is 0 Å². The number of benzene rings is 16. The van der Waals surface area contributed by atoms with Crippen molar-refractivity contribution in [2.24, 2.45) is 0 Å². The Morgan fingerprint density at radius 3 is 1.04 bits per heavy atom. The molecule has 0 atom stereocenters. The van der Waals surface area contributed by atoms with Crippen LogP contribution in [0.1, 0.15) is 16.7 Å². The molecule has 0 radical (unpaired) electrons. The summed E-state index contributed by atoms with van der Waals surface area (Å²) >= 11 is 0. The van der Waals surface area contributed by atoms with E-state index in [4.69, 9.17) is 26.5 Å². The third-order valence-corrected chi connectivity index (χ3v) is 22.8. The van der Waals surface area contributed by atoms with E-state index in [1.807, 2.05) is 170 Å². The predicted octanol–water partition coefficient (Wildman–Crippen LogP) is 26.8. The van der Waals surface area contributed by atoms with E-state index in [1.165, 1.54) is 21.5 Å². The van der Waals surface area contributed by atoms with Gasteiger partial charge in [0.05, 0.1) is 85.1 Å². The van der Waals surface area contributed by atoms with E-state index >= 15 is 0 Å². The van der Waals surface area contributed by atoms with E-state index in [0.29, 0.717) is 67.9 Å². The number of para-hydroxylation sites is 7. The molecule has 12 heteroatoms. The fourth-order valence-corrected chi connectivity index (χ4v) is 17.6. The van der Waals surface area contributed by atoms with Crippen LogP contribution in [0.15, 0.2) is 388 Å². The Morgan fingerprint density at radius 2 is 0.600 bits per heavy atom. The van der Waals surface area contributed by atoms with Crippen molar-refractivity contribution >= 4 is 92.9 Å². The maximum Gasteiger partial charge on any atom is 0.195 e. The zero-order valence-corrected chi connectivity index (χ0v) is 64.3.